The van der Waals surface area contributed by atoms with Crippen LogP contribution in [0.4, 0.5) is 0 Å². The van der Waals surface area contributed by atoms with Gasteiger partial charge in [0.2, 0.25) is 5.82 Å². The van der Waals surface area contributed by atoms with Crippen molar-refractivity contribution < 1.29 is 9.53 Å². The Hall–Kier alpha value is -3.54. The van der Waals surface area contributed by atoms with Crippen LogP contribution in [0.15, 0.2) is 66.9 Å². The van der Waals surface area contributed by atoms with E-state index in [0.717, 1.165) is 22.2 Å². The number of carbonyl (C=O) groups excluding carboxylic acids is 1. The number of hydrogen-bond acceptors (Lipinski definition) is 5. The lowest BCUT2D eigenvalue weighted by atomic mass is 10.1. The van der Waals surface area contributed by atoms with Gasteiger partial charge in [-0.05, 0) is 5.56 Å². The first-order valence-corrected chi connectivity index (χ1v) is 8.17. The molecule has 4 rings (SSSR count). The average Bonchev–Trinajstić information content (AvgIpc) is 3.06. The number of benzene rings is 2. The van der Waals surface area contributed by atoms with Crippen LogP contribution in [0.1, 0.15) is 16.2 Å². The van der Waals surface area contributed by atoms with Crippen LogP contribution in [0.2, 0.25) is 0 Å². The molecule has 4 aromatic rings. The molecule has 6 heteroatoms. The minimum absolute atomic E-state index is 0.0221. The number of nitrogens with zero attached hydrogens (tertiary/aromatic N) is 4. The van der Waals surface area contributed by atoms with Crippen LogP contribution in [0.3, 0.4) is 0 Å². The maximum Gasteiger partial charge on any atom is 0.376 e. The molecule has 0 N–H and O–H groups in total. The number of hydrogen-bond donors (Lipinski definition) is 0. The molecule has 2 aromatic carbocycles. The number of carbonyl (C=O) groups is 1. The van der Waals surface area contributed by atoms with Gasteiger partial charge in [-0.25, -0.2) is 19.4 Å². The summed E-state index contributed by atoms with van der Waals surface area (Å²) in [5.41, 5.74) is 3.45. The number of esters is 1. The van der Waals surface area contributed by atoms with E-state index in [9.17, 15) is 4.79 Å². The molecule has 2 heterocycles. The van der Waals surface area contributed by atoms with Gasteiger partial charge in [0.05, 0.1) is 19.0 Å². The van der Waals surface area contributed by atoms with Gasteiger partial charge in [0.25, 0.3) is 0 Å². The van der Waals surface area contributed by atoms with Gasteiger partial charge in [0.15, 0.2) is 5.65 Å². The second-order valence-corrected chi connectivity index (χ2v) is 5.78. The SMILES string of the molecule is COC(=O)c1ncc2c(-c3ccccc3)nn(Cc3ccccc3)c2n1. The largest absolute Gasteiger partial charge is 0.463 e. The molecule has 0 aliphatic carbocycles. The van der Waals surface area contributed by atoms with Crippen molar-refractivity contribution in [3.63, 3.8) is 0 Å². The first-order chi connectivity index (χ1) is 12.8. The van der Waals surface area contributed by atoms with Crippen LogP contribution in [-0.4, -0.2) is 32.8 Å². The predicted octanol–water partition coefficient (Wildman–Crippen LogP) is 3.33. The predicted molar refractivity (Wildman–Crippen MR) is 97.6 cm³/mol. The van der Waals surface area contributed by atoms with Gasteiger partial charge in [-0.3, -0.25) is 0 Å². The van der Waals surface area contributed by atoms with Crippen LogP contribution >= 0.6 is 0 Å². The standard InChI is InChI=1S/C20H16N4O2/c1-26-20(25)18-21-12-16-17(15-10-6-3-7-11-15)23-24(19(16)22-18)13-14-8-4-2-5-9-14/h2-12H,13H2,1H3. The number of aromatic nitrogens is 4. The van der Waals surface area contributed by atoms with E-state index in [0.29, 0.717) is 12.2 Å². The monoisotopic (exact) mass is 344 g/mol. The Morgan fingerprint density at radius 1 is 1.04 bits per heavy atom. The highest BCUT2D eigenvalue weighted by Gasteiger charge is 2.18. The molecule has 2 aromatic heterocycles. The van der Waals surface area contributed by atoms with E-state index >= 15 is 0 Å². The van der Waals surface area contributed by atoms with E-state index < -0.39 is 5.97 Å². The summed E-state index contributed by atoms with van der Waals surface area (Å²) in [7, 11) is 1.31. The number of methoxy groups -OCH3 is 1. The number of rotatable bonds is 4. The number of ether oxygens (including phenoxy) is 1. The Kier molecular flexibility index (Phi) is 4.15. The lowest BCUT2D eigenvalue weighted by Gasteiger charge is -2.03. The molecule has 0 bridgehead atoms. The Balaban J connectivity index is 1.89. The lowest BCUT2D eigenvalue weighted by Crippen LogP contribution is -2.09. The van der Waals surface area contributed by atoms with Crippen molar-refractivity contribution in [2.24, 2.45) is 0 Å². The molecule has 0 radical (unpaired) electrons. The minimum atomic E-state index is -0.569. The Labute approximate surface area is 150 Å². The zero-order valence-corrected chi connectivity index (χ0v) is 14.2. The third-order valence-electron chi connectivity index (χ3n) is 4.08. The van der Waals surface area contributed by atoms with Crippen LogP contribution in [0.5, 0.6) is 0 Å². The van der Waals surface area contributed by atoms with E-state index in [1.807, 2.05) is 60.7 Å². The van der Waals surface area contributed by atoms with E-state index in [-0.39, 0.29) is 5.82 Å². The van der Waals surface area contributed by atoms with Crippen molar-refractivity contribution in [2.75, 3.05) is 7.11 Å². The van der Waals surface area contributed by atoms with Crippen LogP contribution in [-0.2, 0) is 11.3 Å². The molecule has 128 valence electrons. The maximum absolute atomic E-state index is 11.8. The van der Waals surface area contributed by atoms with Gasteiger partial charge in [0, 0.05) is 11.8 Å². The summed E-state index contributed by atoms with van der Waals surface area (Å²) in [5.74, 6) is -0.547. The molecular formula is C20H16N4O2. The summed E-state index contributed by atoms with van der Waals surface area (Å²) < 4.78 is 6.53. The molecule has 0 atom stereocenters. The number of fused-ring (bicyclic) bond motifs is 1. The highest BCUT2D eigenvalue weighted by Crippen LogP contribution is 2.27. The Morgan fingerprint density at radius 2 is 1.73 bits per heavy atom. The summed E-state index contributed by atoms with van der Waals surface area (Å²) in [5, 5.41) is 5.53. The third-order valence-corrected chi connectivity index (χ3v) is 4.08. The fourth-order valence-corrected chi connectivity index (χ4v) is 2.82. The van der Waals surface area contributed by atoms with Crippen molar-refractivity contribution in [1.82, 2.24) is 19.7 Å². The summed E-state index contributed by atoms with van der Waals surface area (Å²) in [4.78, 5) is 20.4. The van der Waals surface area contributed by atoms with Crippen molar-refractivity contribution in [1.29, 1.82) is 0 Å². The normalized spacial score (nSPS) is 10.8. The Morgan fingerprint density at radius 3 is 2.42 bits per heavy atom. The first-order valence-electron chi connectivity index (χ1n) is 8.17. The van der Waals surface area contributed by atoms with Gasteiger partial charge < -0.3 is 4.74 Å². The van der Waals surface area contributed by atoms with E-state index in [1.165, 1.54) is 7.11 Å². The van der Waals surface area contributed by atoms with Crippen LogP contribution in [0, 0.1) is 0 Å². The van der Waals surface area contributed by atoms with E-state index in [1.54, 1.807) is 10.9 Å². The summed E-state index contributed by atoms with van der Waals surface area (Å²) in [6, 6.07) is 19.8. The molecule has 0 fully saturated rings. The van der Waals surface area contributed by atoms with Gasteiger partial charge >= 0.3 is 5.97 Å². The highest BCUT2D eigenvalue weighted by atomic mass is 16.5. The van der Waals surface area contributed by atoms with Crippen molar-refractivity contribution >= 4 is 17.0 Å². The minimum Gasteiger partial charge on any atom is -0.463 e. The zero-order valence-electron chi connectivity index (χ0n) is 14.2. The molecule has 0 amide bonds. The average molecular weight is 344 g/mol. The summed E-state index contributed by atoms with van der Waals surface area (Å²) in [6.45, 7) is 0.543. The molecule has 0 saturated heterocycles. The van der Waals surface area contributed by atoms with E-state index in [2.05, 4.69) is 9.97 Å². The van der Waals surface area contributed by atoms with Gasteiger partial charge in [-0.1, -0.05) is 60.7 Å². The quantitative estimate of drug-likeness (QED) is 0.531. The lowest BCUT2D eigenvalue weighted by molar-refractivity contribution is 0.0587. The summed E-state index contributed by atoms with van der Waals surface area (Å²) in [6.07, 6.45) is 1.63. The zero-order chi connectivity index (χ0) is 17.9. The van der Waals surface area contributed by atoms with E-state index in [4.69, 9.17) is 9.84 Å². The smallest absolute Gasteiger partial charge is 0.376 e. The molecule has 0 aliphatic heterocycles. The summed E-state index contributed by atoms with van der Waals surface area (Å²) >= 11 is 0. The van der Waals surface area contributed by atoms with Crippen LogP contribution in [0.25, 0.3) is 22.3 Å². The third kappa shape index (κ3) is 2.93. The molecular weight excluding hydrogens is 328 g/mol. The van der Waals surface area contributed by atoms with Gasteiger partial charge in [-0.15, -0.1) is 0 Å². The molecule has 0 aliphatic rings. The fourth-order valence-electron chi connectivity index (χ4n) is 2.82. The van der Waals surface area contributed by atoms with Crippen molar-refractivity contribution in [3.05, 3.63) is 78.2 Å². The molecule has 6 nitrogen and oxygen atoms in total. The second kappa shape index (κ2) is 6.76. The highest BCUT2D eigenvalue weighted by molar-refractivity contribution is 5.93. The van der Waals surface area contributed by atoms with Crippen molar-refractivity contribution in [2.45, 2.75) is 6.54 Å². The fraction of sp³-hybridized carbons (Fsp3) is 0.100. The molecule has 0 unspecified atom stereocenters. The van der Waals surface area contributed by atoms with Crippen LogP contribution < -0.4 is 0 Å². The second-order valence-electron chi connectivity index (χ2n) is 5.78. The van der Waals surface area contributed by atoms with Crippen molar-refractivity contribution in [3.8, 4) is 11.3 Å². The molecule has 0 spiro atoms. The molecule has 0 saturated carbocycles. The van der Waals surface area contributed by atoms with Gasteiger partial charge in [0.1, 0.15) is 5.69 Å². The Bertz CT molecular complexity index is 1060. The van der Waals surface area contributed by atoms with Gasteiger partial charge in [-0.2, -0.15) is 5.10 Å². The topological polar surface area (TPSA) is 69.9 Å². The first kappa shape index (κ1) is 16.0. The maximum atomic E-state index is 11.8. The molecule has 26 heavy (non-hydrogen) atoms.